The van der Waals surface area contributed by atoms with Gasteiger partial charge in [-0.15, -0.1) is 0 Å². The quantitative estimate of drug-likeness (QED) is 0.0115. The van der Waals surface area contributed by atoms with Crippen LogP contribution in [-0.4, -0.2) is 144 Å². The van der Waals surface area contributed by atoms with Crippen LogP contribution >= 0.6 is 0 Å². The topological polar surface area (TPSA) is 340 Å². The number of nitrogens with zero attached hydrogens (tertiary/aromatic N) is 3. The zero-order valence-electron chi connectivity index (χ0n) is 43.8. The van der Waals surface area contributed by atoms with Gasteiger partial charge in [-0.3, -0.25) is 24.7 Å². The van der Waals surface area contributed by atoms with Gasteiger partial charge in [-0.05, 0) is 112 Å². The molecule has 22 nitrogen and oxygen atoms in total. The summed E-state index contributed by atoms with van der Waals surface area (Å²) in [5.41, 5.74) is 28.2. The first kappa shape index (κ1) is 59.3. The van der Waals surface area contributed by atoms with Crippen LogP contribution in [0.4, 0.5) is 9.59 Å². The van der Waals surface area contributed by atoms with Gasteiger partial charge in [0.25, 0.3) is 5.91 Å². The van der Waals surface area contributed by atoms with Crippen molar-refractivity contribution in [2.75, 3.05) is 39.3 Å². The molecule has 3 aromatic carbocycles. The van der Waals surface area contributed by atoms with Crippen LogP contribution < -0.4 is 38.9 Å². The summed E-state index contributed by atoms with van der Waals surface area (Å²) in [6.45, 7) is 1.58. The molecule has 3 aromatic rings. The number of amides is 6. The number of benzene rings is 3. The lowest BCUT2D eigenvalue weighted by Gasteiger charge is -2.40. The molecule has 2 heterocycles. The molecular weight excluding hydrogens is 993 g/mol. The van der Waals surface area contributed by atoms with E-state index in [1.165, 1.54) is 6.92 Å². The Morgan fingerprint density at radius 2 is 1.48 bits per heavy atom. The van der Waals surface area contributed by atoms with Crippen LogP contribution in [-0.2, 0) is 49.6 Å². The summed E-state index contributed by atoms with van der Waals surface area (Å²) in [7, 11) is 0. The molecule has 0 spiro atoms. The number of ether oxygens (including phenoxy) is 3. The second-order valence-electron chi connectivity index (χ2n) is 19.7. The number of rotatable bonds is 25. The average molecular weight is 1070 g/mol. The van der Waals surface area contributed by atoms with Gasteiger partial charge in [0.1, 0.15) is 37.4 Å². The summed E-state index contributed by atoms with van der Waals surface area (Å²) >= 11 is 0. The summed E-state index contributed by atoms with van der Waals surface area (Å²) in [5, 5.41) is 18.4. The van der Waals surface area contributed by atoms with Gasteiger partial charge in [-0.2, -0.15) is 4.48 Å². The molecule has 416 valence electrons. The molecule has 7 atom stereocenters. The molecule has 77 heavy (non-hydrogen) atoms. The summed E-state index contributed by atoms with van der Waals surface area (Å²) < 4.78 is 15.6. The number of nitrogens with two attached hydrogens (primary N) is 4. The minimum Gasteiger partial charge on any atom is -0.448 e. The van der Waals surface area contributed by atoms with Gasteiger partial charge in [-0.1, -0.05) is 85.3 Å². The molecular formula is C55H75N10O12+. The van der Waals surface area contributed by atoms with Gasteiger partial charge < -0.3 is 52.9 Å². The number of likely N-dealkylation sites (tertiary alicyclic amines) is 1. The lowest BCUT2D eigenvalue weighted by molar-refractivity contribution is -0.784. The van der Waals surface area contributed by atoms with Gasteiger partial charge in [0, 0.05) is 31.7 Å². The lowest BCUT2D eigenvalue weighted by Crippen LogP contribution is -2.72. The molecule has 22 heteroatoms. The van der Waals surface area contributed by atoms with Crippen LogP contribution in [0.25, 0.3) is 11.1 Å². The number of quaternary nitrogens is 1. The number of aliphatic hydroxyl groups is 1. The Morgan fingerprint density at radius 3 is 2.13 bits per heavy atom. The van der Waals surface area contributed by atoms with E-state index in [-0.39, 0.29) is 76.8 Å². The van der Waals surface area contributed by atoms with E-state index in [4.69, 9.17) is 37.1 Å². The second kappa shape index (κ2) is 29.0. The Morgan fingerprint density at radius 1 is 0.818 bits per heavy atom. The third-order valence-corrected chi connectivity index (χ3v) is 14.3. The fourth-order valence-corrected chi connectivity index (χ4v) is 10.3. The smallest absolute Gasteiger partial charge is 0.417 e. The van der Waals surface area contributed by atoms with E-state index in [0.29, 0.717) is 68.5 Å². The van der Waals surface area contributed by atoms with E-state index in [0.717, 1.165) is 22.3 Å². The maximum Gasteiger partial charge on any atom is 0.417 e. The summed E-state index contributed by atoms with van der Waals surface area (Å²) in [4.78, 5) is 120. The molecule has 0 bridgehead atoms. The number of fused-ring (bicyclic) bond motifs is 3. The second-order valence-corrected chi connectivity index (χ2v) is 19.7. The number of unbranched alkanes of at least 4 members (excludes halogenated alkanes) is 3. The largest absolute Gasteiger partial charge is 0.448 e. The number of alkyl carbamates (subject to hydrolysis) is 1. The monoisotopic (exact) mass is 1070 g/mol. The zero-order valence-corrected chi connectivity index (χ0v) is 43.8. The predicted molar refractivity (Wildman–Crippen MR) is 283 cm³/mol. The van der Waals surface area contributed by atoms with Crippen LogP contribution in [0.2, 0.25) is 0 Å². The van der Waals surface area contributed by atoms with E-state index in [1.54, 1.807) is 30.3 Å². The maximum absolute atomic E-state index is 15.7. The number of carbonyl (C=O) groups is 8. The number of esters is 2. The third kappa shape index (κ3) is 15.2. The SMILES string of the molecule is C[C@@H](O)[C@H](N)C(=O)NC(CCCCN)C(=O)[N+]1(C(=O)[C@@H]2CCCN2)CCC[C@H]1C(=O)N(C(=O)OCc1ccccc1)[C@@H](CCCN=C(N)NC(=O)OCC1c2ccccc2-c2ccccc21)C(=O)OC(=O)CCCCCN. The highest BCUT2D eigenvalue weighted by Crippen LogP contribution is 2.44. The highest BCUT2D eigenvalue weighted by Gasteiger charge is 2.62. The average Bonchev–Trinajstić information content (AvgIpc) is 4.36. The van der Waals surface area contributed by atoms with Crippen molar-refractivity contribution in [3.8, 4) is 11.1 Å². The van der Waals surface area contributed by atoms with Crippen molar-refractivity contribution in [2.45, 2.75) is 139 Å². The standard InChI is InChI=1S/C55H74N10O12/c1-35(66)47(58)48(68)62-43(23-11-13-29-57)51(71)65(50(70)42-24-14-30-60-42)32-16-26-45(65)49(69)64(55(74)76-33-36-17-4-2-5-18-36)44(52(72)77-46(67)27-6-3-12-28-56)25-15-31-61-53(59)63-54(73)75-34-41-39-21-9-7-19-37(39)38-20-8-10-22-40(38)41/h2,4-5,7-10,17-22,35,41-45,47,60,66H,3,6,11-16,23-34,56-58H2,1H3,(H3-,59,61,62,63,68,73)/p+1/t35-,42+,43?,44+,45+,47+,65?/m1/s1. The Labute approximate surface area is 448 Å². The number of guanidine groups is 1. The highest BCUT2D eigenvalue weighted by molar-refractivity contribution is 6.03. The number of nitrogens with one attached hydrogen (secondary N) is 3. The minimum absolute atomic E-state index is 0.00297. The van der Waals surface area contributed by atoms with Crippen LogP contribution in [0.1, 0.15) is 113 Å². The summed E-state index contributed by atoms with van der Waals surface area (Å²) in [6.07, 6.45) is -1.14. The van der Waals surface area contributed by atoms with Crippen LogP contribution in [0.5, 0.6) is 0 Å². The first-order valence-electron chi connectivity index (χ1n) is 26.7. The fraction of sp³-hybridized carbons (Fsp3) is 0.509. The number of aliphatic hydroxyl groups excluding tert-OH is 1. The van der Waals surface area contributed by atoms with Crippen LogP contribution in [0, 0.1) is 0 Å². The zero-order chi connectivity index (χ0) is 55.5. The number of imide groups is 2. The van der Waals surface area contributed by atoms with E-state index in [1.807, 2.05) is 48.5 Å². The predicted octanol–water partition coefficient (Wildman–Crippen LogP) is 2.85. The van der Waals surface area contributed by atoms with Gasteiger partial charge in [0.05, 0.1) is 12.6 Å². The molecule has 0 aromatic heterocycles. The van der Waals surface area contributed by atoms with Crippen LogP contribution in [0.15, 0.2) is 83.9 Å². The molecule has 6 rings (SSSR count). The first-order chi connectivity index (χ1) is 37.1. The van der Waals surface area contributed by atoms with Gasteiger partial charge in [0.15, 0.2) is 12.0 Å². The van der Waals surface area contributed by atoms with Gasteiger partial charge in [-0.25, -0.2) is 28.9 Å². The van der Waals surface area contributed by atoms with Crippen molar-refractivity contribution in [1.82, 2.24) is 20.9 Å². The van der Waals surface area contributed by atoms with E-state index in [2.05, 4.69) is 20.9 Å². The van der Waals surface area contributed by atoms with Crippen molar-refractivity contribution in [2.24, 2.45) is 27.9 Å². The van der Waals surface area contributed by atoms with Crippen LogP contribution in [0.3, 0.4) is 0 Å². The summed E-state index contributed by atoms with van der Waals surface area (Å²) in [6, 6.07) is 16.9. The molecule has 6 amide bonds. The number of hydrogen-bond acceptors (Lipinski definition) is 17. The molecule has 2 aliphatic heterocycles. The van der Waals surface area contributed by atoms with Crippen molar-refractivity contribution < 1.29 is 62.2 Å². The van der Waals surface area contributed by atoms with Crippen molar-refractivity contribution in [3.05, 3.63) is 95.6 Å². The molecule has 0 saturated carbocycles. The molecule has 2 saturated heterocycles. The maximum atomic E-state index is 15.7. The van der Waals surface area contributed by atoms with Crippen molar-refractivity contribution in [1.29, 1.82) is 0 Å². The molecule has 3 aliphatic rings. The molecule has 0 radical (unpaired) electrons. The Hall–Kier alpha value is -6.95. The lowest BCUT2D eigenvalue weighted by atomic mass is 9.98. The van der Waals surface area contributed by atoms with Gasteiger partial charge >= 0.3 is 35.9 Å². The first-order valence-corrected chi connectivity index (χ1v) is 26.7. The highest BCUT2D eigenvalue weighted by atomic mass is 16.6. The molecule has 12 N–H and O–H groups in total. The molecule has 1 aliphatic carbocycles. The summed E-state index contributed by atoms with van der Waals surface area (Å²) in [5.74, 6) is -6.36. The third-order valence-electron chi connectivity index (χ3n) is 14.3. The van der Waals surface area contributed by atoms with Gasteiger partial charge in [0.2, 0.25) is 5.91 Å². The Balaban J connectivity index is 1.30. The molecule has 2 unspecified atom stereocenters. The Bertz CT molecular complexity index is 2530. The van der Waals surface area contributed by atoms with Crippen molar-refractivity contribution >= 4 is 53.7 Å². The van der Waals surface area contributed by atoms with E-state index >= 15 is 14.4 Å². The number of aliphatic imine (C=N–C) groups is 1. The number of hydrogen-bond donors (Lipinski definition) is 8. The fourth-order valence-electron chi connectivity index (χ4n) is 10.3. The van der Waals surface area contributed by atoms with E-state index < -0.39 is 95.0 Å². The van der Waals surface area contributed by atoms with E-state index in [9.17, 15) is 29.1 Å². The van der Waals surface area contributed by atoms with Crippen molar-refractivity contribution in [3.63, 3.8) is 0 Å². The Kier molecular flexibility index (Phi) is 22.3. The molecule has 2 fully saturated rings. The number of carbonyl (C=O) groups excluding carboxylic acids is 8. The minimum atomic E-state index is -1.90. The normalized spacial score (nSPS) is 19.4.